The van der Waals surface area contributed by atoms with E-state index < -0.39 is 92.5 Å². The monoisotopic (exact) mass is 1100 g/mol. The quantitative estimate of drug-likeness (QED) is 0.102. The molecule has 0 aliphatic heterocycles. The van der Waals surface area contributed by atoms with Gasteiger partial charge >= 0.3 is 36.1 Å². The summed E-state index contributed by atoms with van der Waals surface area (Å²) in [6, 6.07) is 25.8. The van der Waals surface area contributed by atoms with Gasteiger partial charge in [0.15, 0.2) is 0 Å². The van der Waals surface area contributed by atoms with Crippen molar-refractivity contribution in [2.45, 2.75) is 137 Å². The number of hydrogen-bond acceptors (Lipinski definition) is 8. The maximum atomic E-state index is 13.4. The molecule has 0 bridgehead atoms. The van der Waals surface area contributed by atoms with Crippen LogP contribution in [0.15, 0.2) is 119 Å². The molecular weight excluding hydrogens is 1050 g/mol. The fourth-order valence-electron chi connectivity index (χ4n) is 10.7. The first-order valence-electron chi connectivity index (χ1n) is 24.5. The molecule has 0 amide bonds. The van der Waals surface area contributed by atoms with Gasteiger partial charge in [-0.1, -0.05) is 60.7 Å². The van der Waals surface area contributed by atoms with E-state index in [2.05, 4.69) is 32.5 Å². The summed E-state index contributed by atoms with van der Waals surface area (Å²) in [7, 11) is 0. The highest BCUT2D eigenvalue weighted by Crippen LogP contribution is 2.50. The number of nitrogens with zero attached hydrogens (tertiary/aromatic N) is 6. The van der Waals surface area contributed by atoms with E-state index in [1.807, 2.05) is 60.7 Å². The van der Waals surface area contributed by atoms with Gasteiger partial charge in [-0.25, -0.2) is 19.8 Å². The van der Waals surface area contributed by atoms with Gasteiger partial charge in [-0.3, -0.25) is 9.13 Å². The van der Waals surface area contributed by atoms with Crippen molar-refractivity contribution in [1.82, 2.24) is 29.5 Å². The smallest absolute Gasteiger partial charge is 0.373 e. The molecule has 12 nitrogen and oxygen atoms in total. The topological polar surface area (TPSA) is 167 Å². The van der Waals surface area contributed by atoms with Crippen LogP contribution >= 0.6 is 0 Å². The average molecular weight is 1110 g/mol. The van der Waals surface area contributed by atoms with E-state index in [1.165, 1.54) is 35.6 Å². The summed E-state index contributed by atoms with van der Waals surface area (Å²) >= 11 is 0. The Morgan fingerprint density at radius 1 is 0.513 bits per heavy atom. The van der Waals surface area contributed by atoms with Crippen molar-refractivity contribution >= 4 is 0 Å². The number of ether oxygens (including phenoxy) is 2. The van der Waals surface area contributed by atoms with Crippen LogP contribution in [-0.2, 0) is 56.1 Å². The van der Waals surface area contributed by atoms with E-state index in [0.29, 0.717) is 75.6 Å². The summed E-state index contributed by atoms with van der Waals surface area (Å²) in [6.45, 7) is 2.86. The minimum absolute atomic E-state index is 0.0126. The van der Waals surface area contributed by atoms with Crippen LogP contribution in [0.4, 0.5) is 52.7 Å². The van der Waals surface area contributed by atoms with E-state index >= 15 is 0 Å². The normalized spacial score (nSPS) is 22.8. The molecule has 2 fully saturated rings. The van der Waals surface area contributed by atoms with Gasteiger partial charge in [-0.2, -0.15) is 73.4 Å². The van der Waals surface area contributed by atoms with E-state index in [0.717, 1.165) is 11.1 Å². The van der Waals surface area contributed by atoms with Crippen LogP contribution < -0.4 is 11.4 Å². The third-order valence-corrected chi connectivity index (χ3v) is 15.4. The Morgan fingerprint density at radius 2 is 0.808 bits per heavy atom. The molecule has 2 heterocycles. The summed E-state index contributed by atoms with van der Waals surface area (Å²) < 4.78 is 175. The summed E-state index contributed by atoms with van der Waals surface area (Å²) in [5, 5.41) is 31.3. The SMILES string of the molecule is C[C@@H](OCC1(c2ccccc2)CCC(CC#N)(n2cn[nH]c2=O)CC1)c1cc(C(F)(F)F)cc(C(F)(F)F)c1.C[C@@H](OCC1(c2ccccc2)CCC(CC#N)(n2cn[nH]c2=O)CC1)c1cc(C(F)(F)F)cc(C(F)(F)F)c1. The molecule has 2 aliphatic carbocycles. The average Bonchev–Trinajstić information content (AvgIpc) is 4.09. The maximum absolute atomic E-state index is 13.4. The molecule has 2 aromatic heterocycles. The maximum Gasteiger partial charge on any atom is 0.416 e. The molecule has 6 aromatic rings. The largest absolute Gasteiger partial charge is 0.416 e. The number of nitriles is 2. The molecule has 24 heteroatoms. The second kappa shape index (κ2) is 22.7. The van der Waals surface area contributed by atoms with Crippen molar-refractivity contribution in [3.63, 3.8) is 0 Å². The summed E-state index contributed by atoms with van der Waals surface area (Å²) in [5.74, 6) is 0. The van der Waals surface area contributed by atoms with Crippen molar-refractivity contribution in [3.05, 3.63) is 175 Å². The van der Waals surface area contributed by atoms with E-state index in [1.54, 1.807) is 0 Å². The molecule has 0 unspecified atom stereocenters. The first-order chi connectivity index (χ1) is 36.6. The molecule has 0 saturated heterocycles. The first kappa shape index (κ1) is 58.5. The molecular formula is C54H52F12N8O4. The van der Waals surface area contributed by atoms with E-state index in [-0.39, 0.29) is 49.3 Å². The molecule has 8 rings (SSSR count). The van der Waals surface area contributed by atoms with Gasteiger partial charge in [-0.15, -0.1) is 0 Å². The molecule has 2 aliphatic rings. The Kier molecular flexibility index (Phi) is 17.0. The Balaban J connectivity index is 0.000000226. The van der Waals surface area contributed by atoms with Crippen LogP contribution in [0.25, 0.3) is 0 Å². The Morgan fingerprint density at radius 3 is 1.05 bits per heavy atom. The Bertz CT molecular complexity index is 2910. The number of nitrogens with one attached hydrogen (secondary N) is 2. The van der Waals surface area contributed by atoms with Gasteiger partial charge in [0.2, 0.25) is 0 Å². The molecule has 2 atom stereocenters. The van der Waals surface area contributed by atoms with Crippen LogP contribution in [0.1, 0.15) is 135 Å². The minimum atomic E-state index is -4.96. The minimum Gasteiger partial charge on any atom is -0.373 e. The third kappa shape index (κ3) is 12.9. The number of alkyl halides is 12. The van der Waals surface area contributed by atoms with Crippen molar-refractivity contribution in [2.75, 3.05) is 13.2 Å². The zero-order valence-electron chi connectivity index (χ0n) is 41.9. The highest BCUT2D eigenvalue weighted by Gasteiger charge is 2.48. The lowest BCUT2D eigenvalue weighted by atomic mass is 9.63. The van der Waals surface area contributed by atoms with Gasteiger partial charge in [0.25, 0.3) is 0 Å². The molecule has 0 radical (unpaired) electrons. The van der Waals surface area contributed by atoms with Crippen LogP contribution in [0.3, 0.4) is 0 Å². The number of halogens is 12. The number of H-pyrrole nitrogens is 2. The van der Waals surface area contributed by atoms with Gasteiger partial charge < -0.3 is 9.47 Å². The highest BCUT2D eigenvalue weighted by atomic mass is 19.4. The lowest BCUT2D eigenvalue weighted by Gasteiger charge is -2.46. The van der Waals surface area contributed by atoms with E-state index in [4.69, 9.17) is 9.47 Å². The van der Waals surface area contributed by atoms with Gasteiger partial charge in [0.05, 0.1) is 83.7 Å². The van der Waals surface area contributed by atoms with Gasteiger partial charge in [0, 0.05) is 10.8 Å². The number of aromatic nitrogens is 6. The molecule has 2 saturated carbocycles. The predicted molar refractivity (Wildman–Crippen MR) is 257 cm³/mol. The lowest BCUT2D eigenvalue weighted by molar-refractivity contribution is -0.145. The summed E-state index contributed by atoms with van der Waals surface area (Å²) in [4.78, 5) is 24.7. The zero-order valence-corrected chi connectivity index (χ0v) is 41.9. The highest BCUT2D eigenvalue weighted by molar-refractivity contribution is 5.37. The fourth-order valence-corrected chi connectivity index (χ4v) is 10.7. The van der Waals surface area contributed by atoms with Crippen molar-refractivity contribution < 1.29 is 62.2 Å². The fraction of sp³-hybridized carbons (Fsp3) is 0.444. The van der Waals surface area contributed by atoms with Crippen LogP contribution in [0.5, 0.6) is 0 Å². The zero-order chi connectivity index (χ0) is 57.0. The molecule has 0 spiro atoms. The second-order valence-corrected chi connectivity index (χ2v) is 20.1. The van der Waals surface area contributed by atoms with Crippen molar-refractivity contribution in [1.29, 1.82) is 10.5 Å². The standard InChI is InChI=1S/2C27H26F6N4O2/c2*1-18(19-13-21(26(28,29)30)15-22(14-19)27(31,32)33)39-16-24(20-5-3-2-4-6-20)7-9-25(10-8-24,11-12-34)37-17-35-36-23(37)38/h2*2-6,13-15,17-18H,7-11,16H2,1H3,(H,36,38)/t2*18-,24?,25?/m11/s1. The van der Waals surface area contributed by atoms with Crippen LogP contribution in [0.2, 0.25) is 0 Å². The number of benzene rings is 4. The van der Waals surface area contributed by atoms with Crippen LogP contribution in [-0.4, -0.2) is 42.7 Å². The van der Waals surface area contributed by atoms with Crippen molar-refractivity contribution in [3.8, 4) is 12.1 Å². The third-order valence-electron chi connectivity index (χ3n) is 15.4. The summed E-state index contributed by atoms with van der Waals surface area (Å²) in [6.07, 6.45) is -15.6. The molecule has 4 aromatic carbocycles. The lowest BCUT2D eigenvalue weighted by Crippen LogP contribution is -2.48. The number of aromatic amines is 2. The van der Waals surface area contributed by atoms with Gasteiger partial charge in [-0.05, 0) is 124 Å². The van der Waals surface area contributed by atoms with Crippen LogP contribution in [0, 0.1) is 22.7 Å². The van der Waals surface area contributed by atoms with E-state index in [9.17, 15) is 72.8 Å². The number of hydrogen-bond donors (Lipinski definition) is 2. The first-order valence-corrected chi connectivity index (χ1v) is 24.5. The predicted octanol–water partition coefficient (Wildman–Crippen LogP) is 13.0. The Hall–Kier alpha value is -7.18. The molecule has 2 N–H and O–H groups in total. The molecule has 78 heavy (non-hydrogen) atoms. The van der Waals surface area contributed by atoms with Crippen molar-refractivity contribution in [2.24, 2.45) is 0 Å². The number of rotatable bonds is 14. The Labute approximate surface area is 438 Å². The van der Waals surface area contributed by atoms with Gasteiger partial charge in [0.1, 0.15) is 12.7 Å². The summed E-state index contributed by atoms with van der Waals surface area (Å²) in [5.41, 5.74) is -8.04. The second-order valence-electron chi connectivity index (χ2n) is 20.1. The molecule has 416 valence electrons.